The van der Waals surface area contributed by atoms with Gasteiger partial charge < -0.3 is 10.6 Å². The zero-order valence-electron chi connectivity index (χ0n) is 17.6. The average Bonchev–Trinajstić information content (AvgIpc) is 2.78. The fourth-order valence-corrected chi connectivity index (χ4v) is 4.06. The van der Waals surface area contributed by atoms with E-state index in [1.165, 1.54) is 48.9 Å². The van der Waals surface area contributed by atoms with Crippen LogP contribution in [0.5, 0.6) is 0 Å². The predicted molar refractivity (Wildman–Crippen MR) is 122 cm³/mol. The minimum Gasteiger partial charge on any atom is -0.382 e. The molecule has 0 saturated heterocycles. The Morgan fingerprint density at radius 2 is 1.84 bits per heavy atom. The summed E-state index contributed by atoms with van der Waals surface area (Å²) in [7, 11) is 0. The molecule has 2 heterocycles. The van der Waals surface area contributed by atoms with Gasteiger partial charge in [0.2, 0.25) is 0 Å². The van der Waals surface area contributed by atoms with Gasteiger partial charge in [0, 0.05) is 30.2 Å². The minimum absolute atomic E-state index is 0.215. The van der Waals surface area contributed by atoms with Crippen molar-refractivity contribution in [2.24, 2.45) is 0 Å². The van der Waals surface area contributed by atoms with Gasteiger partial charge >= 0.3 is 5.69 Å². The lowest BCUT2D eigenvalue weighted by Crippen LogP contribution is -2.31. The van der Waals surface area contributed by atoms with Gasteiger partial charge in [-0.1, -0.05) is 26.2 Å². The predicted octanol–water partition coefficient (Wildman–Crippen LogP) is 3.49. The number of hydrogen-bond donors (Lipinski definition) is 3. The summed E-state index contributed by atoms with van der Waals surface area (Å²) in [5.74, 6) is -0.366. The minimum atomic E-state index is -0.548. The fraction of sp³-hybridized carbons (Fsp3) is 0.391. The summed E-state index contributed by atoms with van der Waals surface area (Å²) in [6.45, 7) is 2.37. The number of benzene rings is 1. The lowest BCUT2D eigenvalue weighted by Gasteiger charge is -2.23. The van der Waals surface area contributed by atoms with Crippen molar-refractivity contribution in [3.8, 4) is 0 Å². The monoisotopic (exact) mass is 421 g/mol. The number of pyridine rings is 1. The standard InChI is InChI=1S/C23H27N5O3/c1-2-12-28-20-19(22(30)27-23(28)31)13-15(14-24-20)21(29)26-18-10-8-17(9-11-18)25-16-6-4-3-5-7-16/h8-11,13-14,16,25H,2-7,12H2,1H3,(H,26,29)(H,27,30,31). The first kappa shape index (κ1) is 20.8. The second kappa shape index (κ2) is 9.16. The molecule has 0 aliphatic heterocycles. The van der Waals surface area contributed by atoms with Crippen molar-refractivity contribution in [3.63, 3.8) is 0 Å². The molecule has 1 fully saturated rings. The zero-order chi connectivity index (χ0) is 21.8. The van der Waals surface area contributed by atoms with Gasteiger partial charge in [-0.15, -0.1) is 0 Å². The Balaban J connectivity index is 1.50. The molecule has 1 saturated carbocycles. The van der Waals surface area contributed by atoms with Crippen LogP contribution in [-0.4, -0.2) is 26.5 Å². The molecular weight excluding hydrogens is 394 g/mol. The Morgan fingerprint density at radius 3 is 2.55 bits per heavy atom. The largest absolute Gasteiger partial charge is 0.382 e. The number of hydrogen-bond acceptors (Lipinski definition) is 5. The highest BCUT2D eigenvalue weighted by molar-refractivity contribution is 6.05. The van der Waals surface area contributed by atoms with E-state index >= 15 is 0 Å². The van der Waals surface area contributed by atoms with Gasteiger partial charge in [0.15, 0.2) is 0 Å². The van der Waals surface area contributed by atoms with Crippen molar-refractivity contribution in [2.75, 3.05) is 10.6 Å². The highest BCUT2D eigenvalue weighted by Crippen LogP contribution is 2.23. The second-order valence-corrected chi connectivity index (χ2v) is 8.02. The van der Waals surface area contributed by atoms with E-state index in [1.54, 1.807) is 0 Å². The molecule has 0 atom stereocenters. The van der Waals surface area contributed by atoms with Gasteiger partial charge in [-0.05, 0) is 49.6 Å². The molecular formula is C23H27N5O3. The van der Waals surface area contributed by atoms with Crippen molar-refractivity contribution in [1.29, 1.82) is 0 Å². The average molecular weight is 422 g/mol. The SMILES string of the molecule is CCCn1c(=O)[nH]c(=O)c2cc(C(=O)Nc3ccc(NC4CCCCC4)cc3)cnc21. The van der Waals surface area contributed by atoms with Crippen molar-refractivity contribution in [2.45, 2.75) is 58.0 Å². The Hall–Kier alpha value is -3.42. The van der Waals surface area contributed by atoms with E-state index in [0.717, 1.165) is 12.1 Å². The Bertz CT molecular complexity index is 1190. The number of amides is 1. The first-order valence-corrected chi connectivity index (χ1v) is 10.9. The van der Waals surface area contributed by atoms with Crippen molar-refractivity contribution < 1.29 is 4.79 Å². The quantitative estimate of drug-likeness (QED) is 0.564. The van der Waals surface area contributed by atoms with E-state index in [-0.39, 0.29) is 22.5 Å². The van der Waals surface area contributed by atoms with Crippen LogP contribution in [0, 0.1) is 0 Å². The van der Waals surface area contributed by atoms with E-state index in [9.17, 15) is 14.4 Å². The molecule has 31 heavy (non-hydrogen) atoms. The number of aromatic nitrogens is 3. The van der Waals surface area contributed by atoms with Crippen LogP contribution in [0.2, 0.25) is 0 Å². The molecule has 0 radical (unpaired) electrons. The molecule has 1 aliphatic rings. The molecule has 4 rings (SSSR count). The molecule has 1 aromatic carbocycles. The first-order valence-electron chi connectivity index (χ1n) is 10.9. The first-order chi connectivity index (χ1) is 15.0. The smallest absolute Gasteiger partial charge is 0.329 e. The van der Waals surface area contributed by atoms with Crippen molar-refractivity contribution in [3.05, 3.63) is 62.9 Å². The third-order valence-electron chi connectivity index (χ3n) is 5.66. The number of fused-ring (bicyclic) bond motifs is 1. The van der Waals surface area contributed by atoms with Gasteiger partial charge in [-0.2, -0.15) is 0 Å². The molecule has 8 nitrogen and oxygen atoms in total. The van der Waals surface area contributed by atoms with Crippen LogP contribution in [0.25, 0.3) is 11.0 Å². The topological polar surface area (TPSA) is 109 Å². The summed E-state index contributed by atoms with van der Waals surface area (Å²) in [6, 6.07) is 9.60. The number of aromatic amines is 1. The van der Waals surface area contributed by atoms with Crippen LogP contribution in [0.3, 0.4) is 0 Å². The molecule has 3 aromatic rings. The van der Waals surface area contributed by atoms with Crippen LogP contribution >= 0.6 is 0 Å². The number of anilines is 2. The van der Waals surface area contributed by atoms with E-state index in [0.29, 0.717) is 18.3 Å². The molecule has 8 heteroatoms. The van der Waals surface area contributed by atoms with Gasteiger partial charge in [0.25, 0.3) is 11.5 Å². The molecule has 162 valence electrons. The third kappa shape index (κ3) is 4.68. The molecule has 3 N–H and O–H groups in total. The molecule has 0 bridgehead atoms. The van der Waals surface area contributed by atoms with Crippen LogP contribution in [0.15, 0.2) is 46.1 Å². The summed E-state index contributed by atoms with van der Waals surface area (Å²) in [5, 5.41) is 6.60. The van der Waals surface area contributed by atoms with Crippen LogP contribution in [0.1, 0.15) is 55.8 Å². The maximum absolute atomic E-state index is 12.7. The van der Waals surface area contributed by atoms with Crippen molar-refractivity contribution >= 4 is 28.3 Å². The Kier molecular flexibility index (Phi) is 6.16. The molecule has 0 spiro atoms. The number of nitrogens with one attached hydrogen (secondary N) is 3. The normalized spacial score (nSPS) is 14.5. The number of carbonyl (C=O) groups excluding carboxylic acids is 1. The van der Waals surface area contributed by atoms with Crippen LogP contribution in [0.4, 0.5) is 11.4 Å². The number of nitrogens with zero attached hydrogens (tertiary/aromatic N) is 2. The Morgan fingerprint density at radius 1 is 1.13 bits per heavy atom. The van der Waals surface area contributed by atoms with E-state index in [2.05, 4.69) is 20.6 Å². The zero-order valence-corrected chi connectivity index (χ0v) is 17.6. The molecule has 1 amide bonds. The molecule has 1 aliphatic carbocycles. The molecule has 2 aromatic heterocycles. The summed E-state index contributed by atoms with van der Waals surface area (Å²) in [5.41, 5.74) is 1.19. The summed E-state index contributed by atoms with van der Waals surface area (Å²) < 4.78 is 1.41. The number of rotatable bonds is 6. The number of aryl methyl sites for hydroxylation is 1. The highest BCUT2D eigenvalue weighted by atomic mass is 16.2. The van der Waals surface area contributed by atoms with E-state index in [4.69, 9.17) is 0 Å². The summed E-state index contributed by atoms with van der Waals surface area (Å²) in [6.07, 6.45) is 8.34. The fourth-order valence-electron chi connectivity index (χ4n) is 4.06. The van der Waals surface area contributed by atoms with Gasteiger partial charge in [-0.3, -0.25) is 19.1 Å². The van der Waals surface area contributed by atoms with Gasteiger partial charge in [-0.25, -0.2) is 9.78 Å². The van der Waals surface area contributed by atoms with Crippen LogP contribution in [-0.2, 0) is 6.54 Å². The van der Waals surface area contributed by atoms with Crippen molar-refractivity contribution in [1.82, 2.24) is 14.5 Å². The van der Waals surface area contributed by atoms with E-state index < -0.39 is 11.2 Å². The highest BCUT2D eigenvalue weighted by Gasteiger charge is 2.14. The summed E-state index contributed by atoms with van der Waals surface area (Å²) >= 11 is 0. The van der Waals surface area contributed by atoms with Gasteiger partial charge in [0.05, 0.1) is 10.9 Å². The Labute approximate surface area is 179 Å². The maximum atomic E-state index is 12.7. The summed E-state index contributed by atoms with van der Waals surface area (Å²) in [4.78, 5) is 43.5. The number of carbonyl (C=O) groups is 1. The van der Waals surface area contributed by atoms with E-state index in [1.807, 2.05) is 31.2 Å². The maximum Gasteiger partial charge on any atom is 0.329 e. The number of H-pyrrole nitrogens is 1. The lowest BCUT2D eigenvalue weighted by molar-refractivity contribution is 0.102. The van der Waals surface area contributed by atoms with Gasteiger partial charge in [0.1, 0.15) is 5.65 Å². The molecule has 0 unspecified atom stereocenters. The lowest BCUT2D eigenvalue weighted by atomic mass is 9.95. The van der Waals surface area contributed by atoms with Crippen LogP contribution < -0.4 is 21.9 Å². The third-order valence-corrected chi connectivity index (χ3v) is 5.66. The second-order valence-electron chi connectivity index (χ2n) is 8.02.